The first-order valence-corrected chi connectivity index (χ1v) is 15.3. The van der Waals surface area contributed by atoms with Gasteiger partial charge in [-0.05, 0) is 44.7 Å². The zero-order valence-corrected chi connectivity index (χ0v) is 25.1. The van der Waals surface area contributed by atoms with Crippen molar-refractivity contribution in [2.24, 2.45) is 5.92 Å². The van der Waals surface area contributed by atoms with E-state index in [1.807, 2.05) is 60.7 Å². The van der Waals surface area contributed by atoms with Gasteiger partial charge < -0.3 is 29.7 Å². The smallest absolute Gasteiger partial charge is 0.332 e. The lowest BCUT2D eigenvalue weighted by atomic mass is 10.1. The second-order valence-corrected chi connectivity index (χ2v) is 11.5. The molecule has 1 aliphatic carbocycles. The van der Waals surface area contributed by atoms with Gasteiger partial charge in [-0.25, -0.2) is 14.6 Å². The van der Waals surface area contributed by atoms with E-state index in [0.29, 0.717) is 30.0 Å². The number of rotatable bonds is 6. The van der Waals surface area contributed by atoms with Gasteiger partial charge in [0, 0.05) is 42.0 Å². The van der Waals surface area contributed by atoms with E-state index in [2.05, 4.69) is 16.7 Å². The van der Waals surface area contributed by atoms with E-state index >= 15 is 0 Å². The number of esters is 1. The quantitative estimate of drug-likeness (QED) is 0.314. The molecule has 3 amide bonds. The van der Waals surface area contributed by atoms with Crippen molar-refractivity contribution < 1.29 is 28.6 Å². The minimum atomic E-state index is -1.11. The largest absolute Gasteiger partial charge is 0.497 e. The number of urea groups is 1. The molecule has 0 radical (unpaired) electrons. The van der Waals surface area contributed by atoms with Crippen LogP contribution < -0.4 is 20.1 Å². The molecule has 6 rings (SSSR count). The first kappa shape index (κ1) is 29.5. The molecule has 0 spiro atoms. The van der Waals surface area contributed by atoms with Crippen molar-refractivity contribution in [1.82, 2.24) is 20.5 Å². The highest BCUT2D eigenvalue weighted by molar-refractivity contribution is 5.95. The topological polar surface area (TPSA) is 119 Å². The molecule has 230 valence electrons. The standard InChI is InChI=1S/C34H38N4O6/c1-3-43-32(40)34-20-23(34)13-9-4-5-10-16-35-33(41)38-21-25(18-29(38)31(39)37-34)44-30-19-27(22-11-7-6-8-12-22)36-28-17-24(42-2)14-15-26(28)30/h6-9,11-15,17,19,23,25,29H,3-5,10,16,18,20-21H2,1-2H3,(H,35,41)(H,37,39)/b13-9-/t23-,25-,29+,34-/m1/s1. The molecule has 2 aliphatic heterocycles. The molecule has 2 aromatic carbocycles. The maximum atomic E-state index is 13.8. The van der Waals surface area contributed by atoms with E-state index in [9.17, 15) is 14.4 Å². The Bertz CT molecular complexity index is 1580. The highest BCUT2D eigenvalue weighted by Gasteiger charge is 2.62. The molecule has 1 saturated carbocycles. The number of hydrogen-bond donors (Lipinski definition) is 2. The van der Waals surface area contributed by atoms with Gasteiger partial charge in [0.25, 0.3) is 0 Å². The number of hydrogen-bond acceptors (Lipinski definition) is 7. The van der Waals surface area contributed by atoms with E-state index in [4.69, 9.17) is 19.2 Å². The predicted octanol–water partition coefficient (Wildman–Crippen LogP) is 4.62. The van der Waals surface area contributed by atoms with Gasteiger partial charge in [-0.15, -0.1) is 0 Å². The maximum absolute atomic E-state index is 13.8. The van der Waals surface area contributed by atoms with Crippen LogP contribution in [0.4, 0.5) is 4.79 Å². The second kappa shape index (κ2) is 12.6. The molecular formula is C34H38N4O6. The molecule has 4 atom stereocenters. The third kappa shape index (κ3) is 5.93. The maximum Gasteiger partial charge on any atom is 0.332 e. The number of methoxy groups -OCH3 is 1. The average molecular weight is 599 g/mol. The number of nitrogens with one attached hydrogen (secondary N) is 2. The average Bonchev–Trinajstić information content (AvgIpc) is 3.57. The van der Waals surface area contributed by atoms with Gasteiger partial charge in [-0.1, -0.05) is 42.5 Å². The molecule has 3 aliphatic rings. The van der Waals surface area contributed by atoms with Crippen LogP contribution in [0.2, 0.25) is 0 Å². The van der Waals surface area contributed by atoms with E-state index in [-0.39, 0.29) is 37.4 Å². The van der Waals surface area contributed by atoms with Crippen LogP contribution in [0.25, 0.3) is 22.2 Å². The van der Waals surface area contributed by atoms with Crippen LogP contribution in [-0.2, 0) is 14.3 Å². The monoisotopic (exact) mass is 598 g/mol. The highest BCUT2D eigenvalue weighted by atomic mass is 16.5. The Balaban J connectivity index is 1.30. The minimum Gasteiger partial charge on any atom is -0.497 e. The summed E-state index contributed by atoms with van der Waals surface area (Å²) < 4.78 is 17.4. The van der Waals surface area contributed by atoms with Gasteiger partial charge >= 0.3 is 12.0 Å². The Kier molecular flexibility index (Phi) is 8.41. The molecule has 2 N–H and O–H groups in total. The van der Waals surface area contributed by atoms with Gasteiger partial charge in [-0.2, -0.15) is 0 Å². The van der Waals surface area contributed by atoms with Crippen molar-refractivity contribution in [3.05, 3.63) is 66.7 Å². The van der Waals surface area contributed by atoms with Crippen molar-refractivity contribution in [3.63, 3.8) is 0 Å². The molecule has 44 heavy (non-hydrogen) atoms. The van der Waals surface area contributed by atoms with Crippen LogP contribution in [0.3, 0.4) is 0 Å². The Hall–Kier alpha value is -4.60. The lowest BCUT2D eigenvalue weighted by molar-refractivity contribution is -0.149. The van der Waals surface area contributed by atoms with E-state index in [1.165, 1.54) is 4.90 Å². The molecule has 10 nitrogen and oxygen atoms in total. The summed E-state index contributed by atoms with van der Waals surface area (Å²) in [6.45, 7) is 2.69. The summed E-state index contributed by atoms with van der Waals surface area (Å²) in [5.74, 6) is 0.310. The Morgan fingerprint density at radius 1 is 1.11 bits per heavy atom. The molecule has 1 saturated heterocycles. The minimum absolute atomic E-state index is 0.138. The number of nitrogens with zero attached hydrogens (tertiary/aromatic N) is 2. The van der Waals surface area contributed by atoms with Gasteiger partial charge in [-0.3, -0.25) is 4.79 Å². The van der Waals surface area contributed by atoms with Crippen LogP contribution in [0.15, 0.2) is 66.7 Å². The number of amides is 3. The fourth-order valence-electron chi connectivity index (χ4n) is 6.15. The number of fused-ring (bicyclic) bond motifs is 3. The summed E-state index contributed by atoms with van der Waals surface area (Å²) in [7, 11) is 1.61. The van der Waals surface area contributed by atoms with Crippen LogP contribution in [-0.4, -0.2) is 72.3 Å². The molecule has 10 heteroatoms. The van der Waals surface area contributed by atoms with Crippen LogP contribution >= 0.6 is 0 Å². The highest BCUT2D eigenvalue weighted by Crippen LogP contribution is 2.46. The van der Waals surface area contributed by atoms with Crippen LogP contribution in [0, 0.1) is 5.92 Å². The molecule has 2 fully saturated rings. The number of ether oxygens (including phenoxy) is 3. The molecule has 3 heterocycles. The first-order chi connectivity index (χ1) is 21.4. The molecule has 3 aromatic rings. The fraction of sp³-hybridized carbons (Fsp3) is 0.412. The summed E-state index contributed by atoms with van der Waals surface area (Å²) in [6, 6.07) is 16.2. The van der Waals surface area contributed by atoms with Gasteiger partial charge in [0.05, 0.1) is 31.5 Å². The molecule has 0 unspecified atom stereocenters. The number of allylic oxidation sites excluding steroid dienone is 1. The van der Waals surface area contributed by atoms with Crippen molar-refractivity contribution in [1.29, 1.82) is 0 Å². The summed E-state index contributed by atoms with van der Waals surface area (Å²) in [6.07, 6.45) is 6.86. The van der Waals surface area contributed by atoms with Crippen molar-refractivity contribution in [2.45, 2.75) is 56.7 Å². The second-order valence-electron chi connectivity index (χ2n) is 11.5. The summed E-state index contributed by atoms with van der Waals surface area (Å²) in [5, 5.41) is 6.75. The van der Waals surface area contributed by atoms with Crippen molar-refractivity contribution in [2.75, 3.05) is 26.8 Å². The predicted molar refractivity (Wildman–Crippen MR) is 165 cm³/mol. The van der Waals surface area contributed by atoms with Crippen molar-refractivity contribution in [3.8, 4) is 22.8 Å². The third-order valence-electron chi connectivity index (χ3n) is 8.61. The third-order valence-corrected chi connectivity index (χ3v) is 8.61. The fourth-order valence-corrected chi connectivity index (χ4v) is 6.15. The zero-order valence-electron chi connectivity index (χ0n) is 25.1. The number of carbonyl (C=O) groups is 3. The number of aromatic nitrogens is 1. The Morgan fingerprint density at radius 2 is 1.95 bits per heavy atom. The van der Waals surface area contributed by atoms with E-state index in [0.717, 1.165) is 35.9 Å². The summed E-state index contributed by atoms with van der Waals surface area (Å²) >= 11 is 0. The van der Waals surface area contributed by atoms with Crippen LogP contribution in [0.1, 0.15) is 39.0 Å². The molecule has 0 bridgehead atoms. The first-order valence-electron chi connectivity index (χ1n) is 15.3. The molecular weight excluding hydrogens is 560 g/mol. The van der Waals surface area contributed by atoms with Crippen molar-refractivity contribution >= 4 is 28.8 Å². The Morgan fingerprint density at radius 3 is 2.75 bits per heavy atom. The lowest BCUT2D eigenvalue weighted by Gasteiger charge is -2.26. The van der Waals surface area contributed by atoms with E-state index in [1.54, 1.807) is 14.0 Å². The Labute approximate surface area is 256 Å². The SMILES string of the molecule is CCOC(=O)[C@@]12C[C@H]1/C=C\CCCCNC(=O)N1C[C@H](Oc3cc(-c4ccccc4)nc4cc(OC)ccc34)C[C@H]1C(=O)N2. The summed E-state index contributed by atoms with van der Waals surface area (Å²) in [4.78, 5) is 46.7. The number of carbonyl (C=O) groups excluding carboxylic acids is 3. The van der Waals surface area contributed by atoms with Crippen LogP contribution in [0.5, 0.6) is 11.5 Å². The van der Waals surface area contributed by atoms with Gasteiger partial charge in [0.2, 0.25) is 5.91 Å². The van der Waals surface area contributed by atoms with Gasteiger partial charge in [0.15, 0.2) is 0 Å². The zero-order chi connectivity index (χ0) is 30.7. The number of benzene rings is 2. The van der Waals surface area contributed by atoms with E-state index < -0.39 is 23.7 Å². The lowest BCUT2D eigenvalue weighted by Crippen LogP contribution is -2.54. The number of pyridine rings is 1. The molecule has 1 aromatic heterocycles. The summed E-state index contributed by atoms with van der Waals surface area (Å²) in [5.41, 5.74) is 1.26. The van der Waals surface area contributed by atoms with Gasteiger partial charge in [0.1, 0.15) is 29.2 Å². The normalized spacial score (nSPS) is 26.0.